The number of hydrogen-bond acceptors (Lipinski definition) is 2. The van der Waals surface area contributed by atoms with Gasteiger partial charge in [0.15, 0.2) is 5.82 Å². The van der Waals surface area contributed by atoms with Crippen LogP contribution in [0.25, 0.3) is 0 Å². The molecule has 0 saturated heterocycles. The summed E-state index contributed by atoms with van der Waals surface area (Å²) in [5, 5.41) is 8.89. The minimum atomic E-state index is -1.14. The van der Waals surface area contributed by atoms with Crippen LogP contribution >= 0.6 is 15.9 Å². The van der Waals surface area contributed by atoms with Gasteiger partial charge >= 0.3 is 5.97 Å². The predicted molar refractivity (Wildman–Crippen MR) is 73.8 cm³/mol. The molecule has 3 nitrogen and oxygen atoms in total. The van der Waals surface area contributed by atoms with E-state index < -0.39 is 11.8 Å². The molecule has 18 heavy (non-hydrogen) atoms. The van der Waals surface area contributed by atoms with E-state index >= 15 is 0 Å². The summed E-state index contributed by atoms with van der Waals surface area (Å²) in [5.74, 6) is -1.22. The molecule has 0 aliphatic carbocycles. The largest absolute Gasteiger partial charge is 0.478 e. The van der Waals surface area contributed by atoms with Crippen molar-refractivity contribution in [3.63, 3.8) is 0 Å². The van der Waals surface area contributed by atoms with Crippen LogP contribution in [-0.4, -0.2) is 24.7 Å². The molecule has 5 heteroatoms. The van der Waals surface area contributed by atoms with Gasteiger partial charge in [-0.15, -0.1) is 0 Å². The lowest BCUT2D eigenvalue weighted by Gasteiger charge is -2.24. The van der Waals surface area contributed by atoms with Crippen LogP contribution in [0.4, 0.5) is 10.1 Å². The molecule has 0 bridgehead atoms. The molecular formula is C13H17BrFNO2. The average molecular weight is 318 g/mol. The lowest BCUT2D eigenvalue weighted by Crippen LogP contribution is -2.24. The SMILES string of the molecule is CCC(C)CN(C)c1ccc(C(=O)O)c(Br)c1F. The zero-order valence-electron chi connectivity index (χ0n) is 10.7. The second-order valence-corrected chi connectivity index (χ2v) is 5.25. The zero-order valence-corrected chi connectivity index (χ0v) is 12.3. The number of hydrogen-bond donors (Lipinski definition) is 1. The fourth-order valence-corrected chi connectivity index (χ4v) is 2.20. The summed E-state index contributed by atoms with van der Waals surface area (Å²) in [6, 6.07) is 2.92. The Morgan fingerprint density at radius 1 is 1.56 bits per heavy atom. The number of nitrogens with zero attached hydrogens (tertiary/aromatic N) is 1. The second kappa shape index (κ2) is 6.18. The number of carboxylic acids is 1. The van der Waals surface area contributed by atoms with Crippen LogP contribution in [0.5, 0.6) is 0 Å². The monoisotopic (exact) mass is 317 g/mol. The van der Waals surface area contributed by atoms with Crippen molar-refractivity contribution in [2.75, 3.05) is 18.5 Å². The van der Waals surface area contributed by atoms with E-state index in [0.717, 1.165) is 13.0 Å². The summed E-state index contributed by atoms with van der Waals surface area (Å²) in [7, 11) is 1.80. The van der Waals surface area contributed by atoms with Gasteiger partial charge in [0.1, 0.15) is 0 Å². The Balaban J connectivity index is 3.05. The van der Waals surface area contributed by atoms with Crippen molar-refractivity contribution in [3.05, 3.63) is 28.0 Å². The summed E-state index contributed by atoms with van der Waals surface area (Å²) >= 11 is 3.00. The highest BCUT2D eigenvalue weighted by atomic mass is 79.9. The van der Waals surface area contributed by atoms with Crippen LogP contribution in [0.1, 0.15) is 30.6 Å². The molecule has 0 aliphatic rings. The normalized spacial score (nSPS) is 12.3. The van der Waals surface area contributed by atoms with Gasteiger partial charge in [-0.1, -0.05) is 20.3 Å². The van der Waals surface area contributed by atoms with E-state index in [1.807, 2.05) is 0 Å². The Hall–Kier alpha value is -1.10. The highest BCUT2D eigenvalue weighted by molar-refractivity contribution is 9.10. The first-order valence-electron chi connectivity index (χ1n) is 5.80. The Labute approximate surface area is 115 Å². The number of benzene rings is 1. The van der Waals surface area contributed by atoms with Crippen LogP contribution in [0, 0.1) is 11.7 Å². The molecule has 1 N–H and O–H groups in total. The lowest BCUT2D eigenvalue weighted by molar-refractivity contribution is 0.0695. The van der Waals surface area contributed by atoms with E-state index in [9.17, 15) is 9.18 Å². The zero-order chi connectivity index (χ0) is 13.9. The van der Waals surface area contributed by atoms with Gasteiger partial charge in [0.05, 0.1) is 15.7 Å². The van der Waals surface area contributed by atoms with Crippen molar-refractivity contribution in [1.29, 1.82) is 0 Å². The third kappa shape index (κ3) is 3.22. The molecular weight excluding hydrogens is 301 g/mol. The lowest BCUT2D eigenvalue weighted by atomic mass is 10.1. The topological polar surface area (TPSA) is 40.5 Å². The first kappa shape index (κ1) is 15.0. The molecule has 100 valence electrons. The molecule has 1 rings (SSSR count). The Morgan fingerprint density at radius 3 is 2.67 bits per heavy atom. The van der Waals surface area contributed by atoms with Gasteiger partial charge in [-0.05, 0) is 34.0 Å². The number of carbonyl (C=O) groups is 1. The minimum absolute atomic E-state index is 0.00324. The van der Waals surface area contributed by atoms with E-state index in [0.29, 0.717) is 11.6 Å². The summed E-state index contributed by atoms with van der Waals surface area (Å²) in [6.45, 7) is 4.90. The number of anilines is 1. The van der Waals surface area contributed by atoms with E-state index in [1.165, 1.54) is 12.1 Å². The minimum Gasteiger partial charge on any atom is -0.478 e. The summed E-state index contributed by atoms with van der Waals surface area (Å²) in [4.78, 5) is 12.7. The van der Waals surface area contributed by atoms with Crippen molar-refractivity contribution in [2.45, 2.75) is 20.3 Å². The van der Waals surface area contributed by atoms with E-state index in [2.05, 4.69) is 29.8 Å². The van der Waals surface area contributed by atoms with Gasteiger partial charge in [0.25, 0.3) is 0 Å². The highest BCUT2D eigenvalue weighted by Crippen LogP contribution is 2.29. The number of aromatic carboxylic acids is 1. The Morgan fingerprint density at radius 2 is 2.17 bits per heavy atom. The maximum absolute atomic E-state index is 14.1. The third-order valence-corrected chi connectivity index (χ3v) is 3.76. The molecule has 1 atom stereocenters. The molecule has 0 amide bonds. The quantitative estimate of drug-likeness (QED) is 0.898. The van der Waals surface area contributed by atoms with E-state index in [1.54, 1.807) is 11.9 Å². The third-order valence-electron chi connectivity index (χ3n) is 2.99. The average Bonchev–Trinajstić information content (AvgIpc) is 2.31. The second-order valence-electron chi connectivity index (χ2n) is 4.46. The van der Waals surface area contributed by atoms with Crippen molar-refractivity contribution in [3.8, 4) is 0 Å². The molecule has 0 aliphatic heterocycles. The van der Waals surface area contributed by atoms with Crippen LogP contribution in [0.2, 0.25) is 0 Å². The highest BCUT2D eigenvalue weighted by Gasteiger charge is 2.18. The molecule has 0 spiro atoms. The van der Waals surface area contributed by atoms with Crippen LogP contribution in [0.15, 0.2) is 16.6 Å². The molecule has 0 saturated carbocycles. The molecule has 1 unspecified atom stereocenters. The predicted octanol–water partition coefficient (Wildman–Crippen LogP) is 3.77. The molecule has 0 radical (unpaired) electrons. The van der Waals surface area contributed by atoms with Crippen molar-refractivity contribution >= 4 is 27.6 Å². The van der Waals surface area contributed by atoms with Gasteiger partial charge in [-0.25, -0.2) is 9.18 Å². The fraction of sp³-hybridized carbons (Fsp3) is 0.462. The molecule has 1 aromatic rings. The Bertz CT molecular complexity index is 451. The molecule has 0 fully saturated rings. The maximum Gasteiger partial charge on any atom is 0.336 e. The Kier molecular flexibility index (Phi) is 5.14. The number of rotatable bonds is 5. The fourth-order valence-electron chi connectivity index (χ4n) is 1.69. The summed E-state index contributed by atoms with van der Waals surface area (Å²) in [5.41, 5.74) is 0.348. The summed E-state index contributed by atoms with van der Waals surface area (Å²) < 4.78 is 14.1. The van der Waals surface area contributed by atoms with Crippen molar-refractivity contribution in [2.24, 2.45) is 5.92 Å². The van der Waals surface area contributed by atoms with Gasteiger partial charge in [-0.2, -0.15) is 0 Å². The van der Waals surface area contributed by atoms with Crippen molar-refractivity contribution in [1.82, 2.24) is 0 Å². The number of halogens is 2. The van der Waals surface area contributed by atoms with Gasteiger partial charge in [0.2, 0.25) is 0 Å². The molecule has 0 aromatic heterocycles. The standard InChI is InChI=1S/C13H17BrFNO2/c1-4-8(2)7-16(3)10-6-5-9(13(17)18)11(14)12(10)15/h5-6,8H,4,7H2,1-3H3,(H,17,18). The van der Waals surface area contributed by atoms with Crippen LogP contribution in [-0.2, 0) is 0 Å². The maximum atomic E-state index is 14.1. The van der Waals surface area contributed by atoms with E-state index in [-0.39, 0.29) is 10.0 Å². The number of carboxylic acid groups (broad SMARTS) is 1. The smallest absolute Gasteiger partial charge is 0.336 e. The van der Waals surface area contributed by atoms with Crippen LogP contribution < -0.4 is 4.90 Å². The van der Waals surface area contributed by atoms with Gasteiger partial charge in [0, 0.05) is 13.6 Å². The van der Waals surface area contributed by atoms with Gasteiger partial charge in [-0.3, -0.25) is 0 Å². The van der Waals surface area contributed by atoms with Crippen molar-refractivity contribution < 1.29 is 14.3 Å². The molecule has 0 heterocycles. The summed E-state index contributed by atoms with van der Waals surface area (Å²) in [6.07, 6.45) is 1.01. The first-order valence-corrected chi connectivity index (χ1v) is 6.60. The van der Waals surface area contributed by atoms with Crippen LogP contribution in [0.3, 0.4) is 0 Å². The van der Waals surface area contributed by atoms with E-state index in [4.69, 9.17) is 5.11 Å². The first-order chi connectivity index (χ1) is 8.38. The van der Waals surface area contributed by atoms with Gasteiger partial charge < -0.3 is 10.0 Å². The molecule has 1 aromatic carbocycles.